The molecule has 8 heteroatoms. The van der Waals surface area contributed by atoms with Crippen molar-refractivity contribution < 1.29 is 24.1 Å². The molecule has 0 aromatic heterocycles. The number of methoxy groups -OCH3 is 1. The minimum atomic E-state index is -1.87. The Morgan fingerprint density at radius 2 is 1.73 bits per heavy atom. The predicted octanol–water partition coefficient (Wildman–Crippen LogP) is 3.66. The fraction of sp³-hybridized carbons (Fsp3) is 0.394. The minimum Gasteiger partial charge on any atom is -0.478 e. The highest BCUT2D eigenvalue weighted by Gasteiger charge is 2.87. The van der Waals surface area contributed by atoms with Crippen molar-refractivity contribution in [3.63, 3.8) is 0 Å². The van der Waals surface area contributed by atoms with Crippen LogP contribution in [0.25, 0.3) is 0 Å². The van der Waals surface area contributed by atoms with Gasteiger partial charge in [0.1, 0.15) is 11.7 Å². The molecule has 2 N–H and O–H groups in total. The first-order valence-electron chi connectivity index (χ1n) is 14.2. The molecule has 0 amide bonds. The summed E-state index contributed by atoms with van der Waals surface area (Å²) >= 11 is 0. The Hall–Kier alpha value is -3.88. The number of fused-ring (bicyclic) bond motifs is 1. The summed E-state index contributed by atoms with van der Waals surface area (Å²) in [7, 11) is 1.37. The summed E-state index contributed by atoms with van der Waals surface area (Å²) in [6, 6.07) is 22.1. The topological polar surface area (TPSA) is 92.6 Å². The van der Waals surface area contributed by atoms with Gasteiger partial charge in [-0.25, -0.2) is 4.99 Å². The molecule has 3 heterocycles. The van der Waals surface area contributed by atoms with E-state index in [1.54, 1.807) is 0 Å². The number of nitrogens with one attached hydrogen (secondary N) is 1. The Morgan fingerprint density at radius 3 is 2.41 bits per heavy atom. The summed E-state index contributed by atoms with van der Waals surface area (Å²) in [5.74, 6) is -1.02. The predicted molar refractivity (Wildman–Crippen MR) is 154 cm³/mol. The maximum Gasteiger partial charge on any atom is 0.314 e. The van der Waals surface area contributed by atoms with Crippen LogP contribution >= 0.6 is 0 Å². The van der Waals surface area contributed by atoms with Gasteiger partial charge in [0.25, 0.3) is 0 Å². The highest BCUT2D eigenvalue weighted by molar-refractivity contribution is 5.90. The van der Waals surface area contributed by atoms with Crippen LogP contribution in [0, 0.1) is 26.7 Å². The number of aliphatic imine (C=N–C) groups is 1. The monoisotopic (exact) mass is 553 g/mol. The first kappa shape index (κ1) is 26.0. The number of hydrogen-bond acceptors (Lipinski definition) is 8. The second kappa shape index (κ2) is 9.06. The van der Waals surface area contributed by atoms with Crippen molar-refractivity contribution in [2.24, 2.45) is 10.9 Å². The average molecular weight is 554 g/mol. The molecule has 3 aromatic carbocycles. The zero-order valence-corrected chi connectivity index (χ0v) is 23.8. The van der Waals surface area contributed by atoms with Gasteiger partial charge in [0.05, 0.1) is 20.3 Å². The van der Waals surface area contributed by atoms with Crippen molar-refractivity contribution in [2.45, 2.75) is 43.6 Å². The Morgan fingerprint density at radius 1 is 1.02 bits per heavy atom. The lowest BCUT2D eigenvalue weighted by Gasteiger charge is -2.42. The Balaban J connectivity index is 1.62. The molecule has 1 saturated carbocycles. The van der Waals surface area contributed by atoms with Gasteiger partial charge in [0, 0.05) is 24.6 Å². The number of aliphatic hydroxyl groups is 1. The third-order valence-corrected chi connectivity index (χ3v) is 9.37. The van der Waals surface area contributed by atoms with Gasteiger partial charge in [0.2, 0.25) is 0 Å². The number of guanidine groups is 1. The van der Waals surface area contributed by atoms with E-state index in [1.165, 1.54) is 7.11 Å². The van der Waals surface area contributed by atoms with Crippen molar-refractivity contribution in [3.05, 3.63) is 100 Å². The van der Waals surface area contributed by atoms with Crippen molar-refractivity contribution in [3.8, 4) is 5.75 Å². The van der Waals surface area contributed by atoms with Crippen LogP contribution in [0.1, 0.15) is 39.3 Å². The van der Waals surface area contributed by atoms with Crippen molar-refractivity contribution in [2.75, 3.05) is 33.4 Å². The number of esters is 1. The normalized spacial score (nSPS) is 31.4. The van der Waals surface area contributed by atoms with Gasteiger partial charge in [-0.3, -0.25) is 4.79 Å². The molecule has 1 aliphatic carbocycles. The Bertz CT molecular complexity index is 1550. The summed E-state index contributed by atoms with van der Waals surface area (Å²) < 4.78 is 18.3. The first-order chi connectivity index (χ1) is 19.8. The van der Waals surface area contributed by atoms with Gasteiger partial charge in [-0.2, -0.15) is 0 Å². The summed E-state index contributed by atoms with van der Waals surface area (Å²) in [6.07, 6.45) is 0. The number of hydrogen-bond donors (Lipinski definition) is 2. The number of nitrogens with zero attached hydrogens (tertiary/aromatic N) is 2. The second-order valence-electron chi connectivity index (χ2n) is 11.7. The third-order valence-electron chi connectivity index (χ3n) is 9.37. The van der Waals surface area contributed by atoms with Crippen LogP contribution < -0.4 is 10.1 Å². The van der Waals surface area contributed by atoms with Crippen molar-refractivity contribution in [1.29, 1.82) is 0 Å². The third kappa shape index (κ3) is 3.29. The summed E-state index contributed by atoms with van der Waals surface area (Å²) in [6.45, 7) is 8.43. The van der Waals surface area contributed by atoms with E-state index in [4.69, 9.17) is 19.2 Å². The van der Waals surface area contributed by atoms with Crippen LogP contribution in [-0.2, 0) is 25.4 Å². The largest absolute Gasteiger partial charge is 0.478 e. The maximum atomic E-state index is 14.0. The Kier molecular flexibility index (Phi) is 5.76. The van der Waals surface area contributed by atoms with Gasteiger partial charge in [-0.05, 0) is 49.1 Å². The molecule has 212 valence electrons. The molecular formula is C33H35N3O5. The summed E-state index contributed by atoms with van der Waals surface area (Å²) in [5.41, 5.74) is 1.01. The fourth-order valence-corrected chi connectivity index (χ4v) is 7.81. The standard InChI is InChI=1S/C33H35N3O5/c1-20-10-12-24(13-11-20)31-27(23-8-6-5-7-9-23)28(29(37)39-4)33(38)32(31,26-22(3)18-21(2)19-25(26)41-31)34-30(35-33)36-14-16-40-17-15-36/h5-13,18-19,27-28,38H,14-17H2,1-4H3,(H,34,35)/t27-,28+,31+,32-,33-/m1/s1. The molecule has 0 unspecified atom stereocenters. The van der Waals surface area contributed by atoms with Crippen LogP contribution in [0.2, 0.25) is 0 Å². The van der Waals surface area contributed by atoms with Crippen LogP contribution in [0.15, 0.2) is 71.7 Å². The van der Waals surface area contributed by atoms with E-state index in [1.807, 2.05) is 81.4 Å². The number of aryl methyl sites for hydroxylation is 3. The van der Waals surface area contributed by atoms with E-state index in [2.05, 4.69) is 16.3 Å². The smallest absolute Gasteiger partial charge is 0.314 e. The van der Waals surface area contributed by atoms with Crippen LogP contribution in [0.3, 0.4) is 0 Å². The number of ether oxygens (including phenoxy) is 3. The van der Waals surface area contributed by atoms with Crippen LogP contribution in [0.5, 0.6) is 5.75 Å². The lowest BCUT2D eigenvalue weighted by Crippen LogP contribution is -2.63. The number of carbonyl (C=O) groups is 1. The first-order valence-corrected chi connectivity index (χ1v) is 14.2. The molecule has 8 nitrogen and oxygen atoms in total. The number of carbonyl (C=O) groups excluding carboxylic acids is 1. The molecule has 0 bridgehead atoms. The van der Waals surface area contributed by atoms with Gasteiger partial charge < -0.3 is 29.5 Å². The molecule has 3 aliphatic heterocycles. The lowest BCUT2D eigenvalue weighted by atomic mass is 9.68. The molecule has 3 aromatic rings. The molecule has 4 aliphatic rings. The zero-order valence-electron chi connectivity index (χ0n) is 23.8. The van der Waals surface area contributed by atoms with Crippen LogP contribution in [-0.4, -0.2) is 61.1 Å². The van der Waals surface area contributed by atoms with E-state index in [-0.39, 0.29) is 0 Å². The molecule has 5 atom stereocenters. The fourth-order valence-electron chi connectivity index (χ4n) is 7.81. The van der Waals surface area contributed by atoms with E-state index in [0.29, 0.717) is 38.0 Å². The number of morpholine rings is 1. The second-order valence-corrected chi connectivity index (χ2v) is 11.7. The highest BCUT2D eigenvalue weighted by atomic mass is 16.5. The van der Waals surface area contributed by atoms with Crippen molar-refractivity contribution >= 4 is 11.9 Å². The summed E-state index contributed by atoms with van der Waals surface area (Å²) in [5, 5.41) is 16.7. The highest BCUT2D eigenvalue weighted by Crippen LogP contribution is 2.74. The molecule has 41 heavy (non-hydrogen) atoms. The average Bonchev–Trinajstić information content (AvgIpc) is 3.51. The number of benzene rings is 3. The molecule has 1 saturated heterocycles. The minimum absolute atomic E-state index is 0.526. The molecular weight excluding hydrogens is 518 g/mol. The van der Waals surface area contributed by atoms with Gasteiger partial charge in [0.15, 0.2) is 22.8 Å². The van der Waals surface area contributed by atoms with Gasteiger partial charge in [-0.1, -0.05) is 66.2 Å². The molecule has 1 spiro atoms. The summed E-state index contributed by atoms with van der Waals surface area (Å²) in [4.78, 5) is 21.5. The maximum absolute atomic E-state index is 14.0. The van der Waals surface area contributed by atoms with E-state index < -0.39 is 34.7 Å². The van der Waals surface area contributed by atoms with E-state index >= 15 is 0 Å². The Labute approximate surface area is 239 Å². The van der Waals surface area contributed by atoms with Gasteiger partial charge >= 0.3 is 5.97 Å². The van der Waals surface area contributed by atoms with E-state index in [0.717, 1.165) is 33.4 Å². The molecule has 0 radical (unpaired) electrons. The molecule has 7 rings (SSSR count). The van der Waals surface area contributed by atoms with Crippen molar-refractivity contribution in [1.82, 2.24) is 10.2 Å². The number of rotatable bonds is 3. The van der Waals surface area contributed by atoms with E-state index in [9.17, 15) is 9.90 Å². The van der Waals surface area contributed by atoms with Gasteiger partial charge in [-0.15, -0.1) is 0 Å². The quantitative estimate of drug-likeness (QED) is 0.479. The SMILES string of the molecule is COC(=O)[C@@H]1[C@@H](c2ccccc2)[C@]2(c3ccc(C)cc3)Oc3cc(C)cc(C)c3[C@@]23N=C(N2CCOCC2)N[C@@]13O. The van der Waals surface area contributed by atoms with Crippen LogP contribution in [0.4, 0.5) is 0 Å². The molecule has 2 fully saturated rings. The lowest BCUT2D eigenvalue weighted by molar-refractivity contribution is -0.158. The zero-order chi connectivity index (χ0) is 28.6.